The van der Waals surface area contributed by atoms with Gasteiger partial charge in [0.15, 0.2) is 0 Å². The predicted octanol–water partition coefficient (Wildman–Crippen LogP) is 0.291. The minimum absolute atomic E-state index is 0.201. The maximum absolute atomic E-state index is 11.8. The number of nitrogens with one attached hydrogen (secondary N) is 1. The molecule has 1 heterocycles. The standard InChI is InChI=1S/C10H15N3O3/c1-7(10(15)16-3)6-13(2)9(14)8-4-5-11-12-8/h4-5,7H,6H2,1-3H3,(H,11,12). The highest BCUT2D eigenvalue weighted by atomic mass is 16.5. The van der Waals surface area contributed by atoms with Crippen molar-refractivity contribution in [2.75, 3.05) is 20.7 Å². The van der Waals surface area contributed by atoms with Crippen molar-refractivity contribution in [1.82, 2.24) is 15.1 Å². The molecular weight excluding hydrogens is 210 g/mol. The lowest BCUT2D eigenvalue weighted by Crippen LogP contribution is -2.34. The summed E-state index contributed by atoms with van der Waals surface area (Å²) in [6, 6.07) is 1.58. The van der Waals surface area contributed by atoms with Crippen molar-refractivity contribution in [2.45, 2.75) is 6.92 Å². The number of amides is 1. The van der Waals surface area contributed by atoms with Gasteiger partial charge in [-0.15, -0.1) is 0 Å². The number of carbonyl (C=O) groups is 2. The van der Waals surface area contributed by atoms with E-state index in [1.54, 1.807) is 20.0 Å². The summed E-state index contributed by atoms with van der Waals surface area (Å²) in [5.74, 6) is -0.876. The molecule has 0 saturated heterocycles. The Morgan fingerprint density at radius 2 is 2.31 bits per heavy atom. The smallest absolute Gasteiger partial charge is 0.310 e. The van der Waals surface area contributed by atoms with Crippen molar-refractivity contribution in [3.05, 3.63) is 18.0 Å². The van der Waals surface area contributed by atoms with Crippen LogP contribution in [0.5, 0.6) is 0 Å². The largest absolute Gasteiger partial charge is 0.469 e. The lowest BCUT2D eigenvalue weighted by Gasteiger charge is -2.19. The van der Waals surface area contributed by atoms with Gasteiger partial charge in [0.05, 0.1) is 13.0 Å². The second-order valence-electron chi connectivity index (χ2n) is 3.58. The molecule has 6 heteroatoms. The number of nitrogens with zero attached hydrogens (tertiary/aromatic N) is 2. The van der Waals surface area contributed by atoms with Crippen LogP contribution in [0, 0.1) is 5.92 Å². The van der Waals surface area contributed by atoms with Gasteiger partial charge in [-0.1, -0.05) is 6.92 Å². The van der Waals surface area contributed by atoms with E-state index >= 15 is 0 Å². The van der Waals surface area contributed by atoms with Gasteiger partial charge < -0.3 is 9.64 Å². The van der Waals surface area contributed by atoms with Crippen LogP contribution in [0.3, 0.4) is 0 Å². The summed E-state index contributed by atoms with van der Waals surface area (Å²) in [6.07, 6.45) is 1.50. The highest BCUT2D eigenvalue weighted by molar-refractivity contribution is 5.92. The third-order valence-corrected chi connectivity index (χ3v) is 2.23. The Balaban J connectivity index is 2.56. The van der Waals surface area contributed by atoms with Crippen molar-refractivity contribution in [3.63, 3.8) is 0 Å². The molecule has 1 N–H and O–H groups in total. The number of hydrogen-bond acceptors (Lipinski definition) is 4. The van der Waals surface area contributed by atoms with E-state index < -0.39 is 0 Å². The third kappa shape index (κ3) is 2.82. The average molecular weight is 225 g/mol. The van der Waals surface area contributed by atoms with Crippen LogP contribution in [0.4, 0.5) is 0 Å². The van der Waals surface area contributed by atoms with Crippen molar-refractivity contribution < 1.29 is 14.3 Å². The monoisotopic (exact) mass is 225 g/mol. The molecule has 0 saturated carbocycles. The Kier molecular flexibility index (Phi) is 4.04. The van der Waals surface area contributed by atoms with Crippen molar-refractivity contribution in [1.29, 1.82) is 0 Å². The van der Waals surface area contributed by atoms with Crippen LogP contribution in [-0.2, 0) is 9.53 Å². The molecule has 0 aliphatic heterocycles. The van der Waals surface area contributed by atoms with E-state index in [1.165, 1.54) is 18.2 Å². The molecule has 0 spiro atoms. The maximum atomic E-state index is 11.8. The molecule has 88 valence electrons. The second kappa shape index (κ2) is 5.29. The number of aromatic nitrogens is 2. The van der Waals surface area contributed by atoms with E-state index in [1.807, 2.05) is 0 Å². The second-order valence-corrected chi connectivity index (χ2v) is 3.58. The molecule has 0 radical (unpaired) electrons. The summed E-state index contributed by atoms with van der Waals surface area (Å²) < 4.78 is 4.59. The lowest BCUT2D eigenvalue weighted by atomic mass is 10.1. The Bertz CT molecular complexity index is 361. The first-order valence-electron chi connectivity index (χ1n) is 4.89. The van der Waals surface area contributed by atoms with Crippen LogP contribution in [-0.4, -0.2) is 47.7 Å². The number of esters is 1. The van der Waals surface area contributed by atoms with E-state index in [0.29, 0.717) is 12.2 Å². The Labute approximate surface area is 93.6 Å². The summed E-state index contributed by atoms with van der Waals surface area (Å²) in [7, 11) is 2.96. The zero-order valence-corrected chi connectivity index (χ0v) is 9.56. The zero-order valence-electron chi connectivity index (χ0n) is 9.56. The summed E-state index contributed by atoms with van der Waals surface area (Å²) in [6.45, 7) is 2.02. The van der Waals surface area contributed by atoms with Gasteiger partial charge >= 0.3 is 5.97 Å². The number of methoxy groups -OCH3 is 1. The van der Waals surface area contributed by atoms with Gasteiger partial charge in [-0.25, -0.2) is 0 Å². The van der Waals surface area contributed by atoms with Gasteiger partial charge in [-0.2, -0.15) is 5.10 Å². The number of rotatable bonds is 4. The van der Waals surface area contributed by atoms with E-state index in [9.17, 15) is 9.59 Å². The first kappa shape index (κ1) is 12.2. The molecule has 1 rings (SSSR count). The van der Waals surface area contributed by atoms with Crippen LogP contribution in [0.15, 0.2) is 12.3 Å². The molecule has 6 nitrogen and oxygen atoms in total. The number of hydrogen-bond donors (Lipinski definition) is 1. The molecule has 1 aromatic heterocycles. The SMILES string of the molecule is COC(=O)C(C)CN(C)C(=O)c1ccn[nH]1. The summed E-state index contributed by atoms with van der Waals surface area (Å²) in [5, 5.41) is 6.27. The fourth-order valence-corrected chi connectivity index (χ4v) is 1.35. The van der Waals surface area contributed by atoms with E-state index in [2.05, 4.69) is 14.9 Å². The minimum Gasteiger partial charge on any atom is -0.469 e. The molecule has 0 fully saturated rings. The highest BCUT2D eigenvalue weighted by Gasteiger charge is 2.20. The molecule has 0 aliphatic rings. The normalized spacial score (nSPS) is 11.9. The average Bonchev–Trinajstić information content (AvgIpc) is 2.79. The minimum atomic E-state index is -0.345. The third-order valence-electron chi connectivity index (χ3n) is 2.23. The fourth-order valence-electron chi connectivity index (χ4n) is 1.35. The molecule has 1 aromatic rings. The predicted molar refractivity (Wildman–Crippen MR) is 56.7 cm³/mol. The highest BCUT2D eigenvalue weighted by Crippen LogP contribution is 2.04. The molecule has 0 bridgehead atoms. The van der Waals surface area contributed by atoms with Gasteiger partial charge in [0, 0.05) is 19.8 Å². The number of carbonyl (C=O) groups excluding carboxylic acids is 2. The van der Waals surface area contributed by atoms with Crippen LogP contribution in [0.1, 0.15) is 17.4 Å². The maximum Gasteiger partial charge on any atom is 0.310 e. The topological polar surface area (TPSA) is 75.3 Å². The molecule has 1 unspecified atom stereocenters. The van der Waals surface area contributed by atoms with Crippen molar-refractivity contribution in [3.8, 4) is 0 Å². The molecule has 0 aromatic carbocycles. The van der Waals surface area contributed by atoms with E-state index in [0.717, 1.165) is 0 Å². The molecule has 1 amide bonds. The van der Waals surface area contributed by atoms with Crippen LogP contribution >= 0.6 is 0 Å². The first-order chi connectivity index (χ1) is 7.56. The van der Waals surface area contributed by atoms with Crippen molar-refractivity contribution in [2.24, 2.45) is 5.92 Å². The van der Waals surface area contributed by atoms with Gasteiger partial charge in [-0.05, 0) is 6.07 Å². The Hall–Kier alpha value is -1.85. The fraction of sp³-hybridized carbons (Fsp3) is 0.500. The van der Waals surface area contributed by atoms with E-state index in [4.69, 9.17) is 0 Å². The first-order valence-corrected chi connectivity index (χ1v) is 4.89. The van der Waals surface area contributed by atoms with Gasteiger partial charge in [0.2, 0.25) is 0 Å². The van der Waals surface area contributed by atoms with Gasteiger partial charge in [-0.3, -0.25) is 14.7 Å². The lowest BCUT2D eigenvalue weighted by molar-refractivity contribution is -0.145. The molecule has 0 aliphatic carbocycles. The Morgan fingerprint density at radius 3 is 2.81 bits per heavy atom. The quantitative estimate of drug-likeness (QED) is 0.747. The van der Waals surface area contributed by atoms with Crippen molar-refractivity contribution >= 4 is 11.9 Å². The zero-order chi connectivity index (χ0) is 12.1. The summed E-state index contributed by atoms with van der Waals surface area (Å²) in [4.78, 5) is 24.4. The van der Waals surface area contributed by atoms with Crippen LogP contribution in [0.25, 0.3) is 0 Å². The summed E-state index contributed by atoms with van der Waals surface area (Å²) in [5.41, 5.74) is 0.402. The number of aromatic amines is 1. The Morgan fingerprint density at radius 1 is 1.62 bits per heavy atom. The molecular formula is C10H15N3O3. The van der Waals surface area contributed by atoms with Crippen LogP contribution in [0.2, 0.25) is 0 Å². The summed E-state index contributed by atoms with van der Waals surface area (Å²) >= 11 is 0. The molecule has 16 heavy (non-hydrogen) atoms. The van der Waals surface area contributed by atoms with Gasteiger partial charge in [0.1, 0.15) is 5.69 Å². The van der Waals surface area contributed by atoms with E-state index in [-0.39, 0.29) is 17.8 Å². The molecule has 1 atom stereocenters. The van der Waals surface area contributed by atoms with Crippen LogP contribution < -0.4 is 0 Å². The number of ether oxygens (including phenoxy) is 1. The van der Waals surface area contributed by atoms with Gasteiger partial charge in [0.25, 0.3) is 5.91 Å². The number of H-pyrrole nitrogens is 1.